The Kier molecular flexibility index (Phi) is 5.35. The first-order valence-corrected chi connectivity index (χ1v) is 12.9. The monoisotopic (exact) mass is 484 g/mol. The molecule has 9 heteroatoms. The molecule has 4 heterocycles. The summed E-state index contributed by atoms with van der Waals surface area (Å²) in [4.78, 5) is 11.3. The zero-order valence-corrected chi connectivity index (χ0v) is 19.7. The minimum Gasteiger partial charge on any atom is -0.369 e. The number of hydrogen-bond acceptors (Lipinski definition) is 7. The maximum Gasteiger partial charge on any atom is 0.270 e. The van der Waals surface area contributed by atoms with Crippen LogP contribution < -0.4 is 15.5 Å². The Labute approximate surface area is 203 Å². The fourth-order valence-corrected chi connectivity index (χ4v) is 6.01. The molecule has 0 bridgehead atoms. The molecule has 1 aliphatic rings. The van der Waals surface area contributed by atoms with Crippen molar-refractivity contribution in [3.8, 4) is 0 Å². The summed E-state index contributed by atoms with van der Waals surface area (Å²) in [5, 5.41) is 8.18. The Balaban J connectivity index is 1.33. The summed E-state index contributed by atoms with van der Waals surface area (Å²) in [6.45, 7) is 3.95. The van der Waals surface area contributed by atoms with Crippen LogP contribution >= 0.6 is 0 Å². The minimum absolute atomic E-state index is 0.169. The smallest absolute Gasteiger partial charge is 0.270 e. The van der Waals surface area contributed by atoms with Gasteiger partial charge in [0, 0.05) is 73.0 Å². The lowest BCUT2D eigenvalue weighted by molar-refractivity contribution is 0.589. The van der Waals surface area contributed by atoms with Gasteiger partial charge in [0.2, 0.25) is 0 Å². The van der Waals surface area contributed by atoms with Gasteiger partial charge in [0.15, 0.2) is 0 Å². The van der Waals surface area contributed by atoms with Crippen molar-refractivity contribution in [2.45, 2.75) is 4.90 Å². The van der Waals surface area contributed by atoms with E-state index in [1.54, 1.807) is 48.9 Å². The highest BCUT2D eigenvalue weighted by atomic mass is 32.2. The second kappa shape index (κ2) is 8.68. The van der Waals surface area contributed by atoms with E-state index in [2.05, 4.69) is 37.6 Å². The van der Waals surface area contributed by atoms with E-state index in [9.17, 15) is 8.42 Å². The molecule has 35 heavy (non-hydrogen) atoms. The molecule has 5 aromatic rings. The third kappa shape index (κ3) is 3.98. The number of fused-ring (bicyclic) bond motifs is 2. The summed E-state index contributed by atoms with van der Waals surface area (Å²) in [5.41, 5.74) is 3.07. The van der Waals surface area contributed by atoms with Crippen LogP contribution in [-0.4, -0.2) is 48.5 Å². The molecule has 2 aromatic carbocycles. The summed E-state index contributed by atoms with van der Waals surface area (Å²) >= 11 is 0. The number of benzene rings is 2. The van der Waals surface area contributed by atoms with E-state index < -0.39 is 10.0 Å². The Morgan fingerprint density at radius 2 is 1.69 bits per heavy atom. The standard InChI is InChI=1S/C26H24N6O2S/c33-35(34,24-5-1-3-19-4-2-11-28-26(19)24)32-14-10-20-18-29-25(17-23(20)32)30-21-6-8-22(9-7-21)31-15-12-27-13-16-31/h1-11,14,17-18,27H,12-13,15-16H2,(H,29,30). The molecule has 3 aromatic heterocycles. The highest BCUT2D eigenvalue weighted by Gasteiger charge is 2.22. The average Bonchev–Trinajstić information content (AvgIpc) is 3.33. The van der Waals surface area contributed by atoms with E-state index in [0.29, 0.717) is 16.9 Å². The SMILES string of the molecule is O=S(=O)(c1cccc2cccnc12)n1ccc2cnc(Nc3ccc(N4CCNCC4)cc3)cc21. The molecule has 8 nitrogen and oxygen atoms in total. The van der Waals surface area contributed by atoms with Crippen LogP contribution in [-0.2, 0) is 10.0 Å². The number of anilines is 3. The van der Waals surface area contributed by atoms with Crippen LogP contribution in [0.3, 0.4) is 0 Å². The summed E-state index contributed by atoms with van der Waals surface area (Å²) in [6.07, 6.45) is 4.85. The van der Waals surface area contributed by atoms with Crippen molar-refractivity contribution in [3.63, 3.8) is 0 Å². The maximum atomic E-state index is 13.7. The van der Waals surface area contributed by atoms with E-state index >= 15 is 0 Å². The van der Waals surface area contributed by atoms with Gasteiger partial charge in [-0.2, -0.15) is 0 Å². The molecule has 1 aliphatic heterocycles. The van der Waals surface area contributed by atoms with Crippen LogP contribution in [0.15, 0.2) is 90.2 Å². The lowest BCUT2D eigenvalue weighted by Gasteiger charge is -2.29. The Hall–Kier alpha value is -3.95. The van der Waals surface area contributed by atoms with Gasteiger partial charge in [0.1, 0.15) is 10.7 Å². The molecule has 176 valence electrons. The van der Waals surface area contributed by atoms with Crippen molar-refractivity contribution < 1.29 is 8.42 Å². The van der Waals surface area contributed by atoms with Crippen LogP contribution in [0.2, 0.25) is 0 Å². The molecule has 0 atom stereocenters. The van der Waals surface area contributed by atoms with Gasteiger partial charge in [-0.15, -0.1) is 0 Å². The van der Waals surface area contributed by atoms with Crippen molar-refractivity contribution in [2.75, 3.05) is 36.4 Å². The number of nitrogens with one attached hydrogen (secondary N) is 2. The molecule has 0 aliphatic carbocycles. The van der Waals surface area contributed by atoms with Crippen LogP contribution in [0.4, 0.5) is 17.2 Å². The molecular weight excluding hydrogens is 460 g/mol. The van der Waals surface area contributed by atoms with Crippen molar-refractivity contribution in [3.05, 3.63) is 85.3 Å². The van der Waals surface area contributed by atoms with E-state index in [1.807, 2.05) is 24.3 Å². The van der Waals surface area contributed by atoms with Crippen molar-refractivity contribution in [1.82, 2.24) is 19.3 Å². The van der Waals surface area contributed by atoms with Gasteiger partial charge < -0.3 is 15.5 Å². The third-order valence-electron chi connectivity index (χ3n) is 6.29. The van der Waals surface area contributed by atoms with Gasteiger partial charge in [0.25, 0.3) is 10.0 Å². The molecular formula is C26H24N6O2S. The number of rotatable bonds is 5. The predicted octanol–water partition coefficient (Wildman–Crippen LogP) is 3.97. The summed E-state index contributed by atoms with van der Waals surface area (Å²) in [7, 11) is -3.87. The van der Waals surface area contributed by atoms with Crippen molar-refractivity contribution >= 4 is 49.0 Å². The zero-order chi connectivity index (χ0) is 23.8. The number of hydrogen-bond donors (Lipinski definition) is 2. The van der Waals surface area contributed by atoms with Crippen molar-refractivity contribution in [2.24, 2.45) is 0 Å². The van der Waals surface area contributed by atoms with Gasteiger partial charge in [-0.25, -0.2) is 17.4 Å². The second-order valence-corrected chi connectivity index (χ2v) is 10.3. The second-order valence-electron chi connectivity index (χ2n) is 8.49. The largest absolute Gasteiger partial charge is 0.369 e. The van der Waals surface area contributed by atoms with Crippen LogP contribution in [0.25, 0.3) is 21.8 Å². The summed E-state index contributed by atoms with van der Waals surface area (Å²) in [6, 6.07) is 20.6. The molecule has 0 unspecified atom stereocenters. The average molecular weight is 485 g/mol. The molecule has 0 amide bonds. The van der Waals surface area contributed by atoms with Gasteiger partial charge in [-0.3, -0.25) is 4.98 Å². The molecule has 1 saturated heterocycles. The van der Waals surface area contributed by atoms with E-state index in [4.69, 9.17) is 0 Å². The highest BCUT2D eigenvalue weighted by molar-refractivity contribution is 7.90. The number of aromatic nitrogens is 3. The highest BCUT2D eigenvalue weighted by Crippen LogP contribution is 2.28. The molecule has 1 fully saturated rings. The summed E-state index contributed by atoms with van der Waals surface area (Å²) in [5.74, 6) is 0.568. The molecule has 0 saturated carbocycles. The number of para-hydroxylation sites is 1. The normalized spacial score (nSPS) is 14.5. The fraction of sp³-hybridized carbons (Fsp3) is 0.154. The number of pyridine rings is 2. The van der Waals surface area contributed by atoms with Gasteiger partial charge in [0.05, 0.1) is 11.0 Å². The zero-order valence-electron chi connectivity index (χ0n) is 18.9. The molecule has 0 radical (unpaired) electrons. The lowest BCUT2D eigenvalue weighted by Crippen LogP contribution is -2.43. The fourth-order valence-electron chi connectivity index (χ4n) is 4.50. The Bertz CT molecular complexity index is 1620. The molecule has 2 N–H and O–H groups in total. The minimum atomic E-state index is -3.87. The molecule has 6 rings (SSSR count). The first-order chi connectivity index (χ1) is 17.1. The third-order valence-corrected chi connectivity index (χ3v) is 8.01. The van der Waals surface area contributed by atoms with Crippen LogP contribution in [0.5, 0.6) is 0 Å². The predicted molar refractivity (Wildman–Crippen MR) is 139 cm³/mol. The van der Waals surface area contributed by atoms with E-state index in [1.165, 1.54) is 9.66 Å². The lowest BCUT2D eigenvalue weighted by atomic mass is 10.2. The van der Waals surface area contributed by atoms with Crippen LogP contribution in [0, 0.1) is 0 Å². The van der Waals surface area contributed by atoms with Gasteiger partial charge in [-0.05, 0) is 42.5 Å². The number of nitrogens with zero attached hydrogens (tertiary/aromatic N) is 4. The van der Waals surface area contributed by atoms with Crippen LogP contribution in [0.1, 0.15) is 0 Å². The maximum absolute atomic E-state index is 13.7. The first kappa shape index (κ1) is 21.6. The quantitative estimate of drug-likeness (QED) is 0.390. The topological polar surface area (TPSA) is 92.1 Å². The van der Waals surface area contributed by atoms with Crippen molar-refractivity contribution in [1.29, 1.82) is 0 Å². The summed E-state index contributed by atoms with van der Waals surface area (Å²) < 4.78 is 28.6. The van der Waals surface area contributed by atoms with E-state index in [-0.39, 0.29) is 4.90 Å². The Morgan fingerprint density at radius 3 is 2.51 bits per heavy atom. The number of piperazine rings is 1. The van der Waals surface area contributed by atoms with Gasteiger partial charge >= 0.3 is 0 Å². The Morgan fingerprint density at radius 1 is 0.886 bits per heavy atom. The first-order valence-electron chi connectivity index (χ1n) is 11.5. The van der Waals surface area contributed by atoms with Gasteiger partial charge in [-0.1, -0.05) is 18.2 Å². The molecule has 0 spiro atoms. The van der Waals surface area contributed by atoms with E-state index in [0.717, 1.165) is 42.6 Å².